The van der Waals surface area contributed by atoms with Crippen LogP contribution in [0.3, 0.4) is 0 Å². The van der Waals surface area contributed by atoms with Crippen LogP contribution in [0, 0.1) is 0 Å². The fourth-order valence-electron chi connectivity index (χ4n) is 2.27. The largest absolute Gasteiger partial charge is 0.438 e. The molecular formula is C17H11BrN6O2S. The van der Waals surface area contributed by atoms with Crippen molar-refractivity contribution in [2.45, 2.75) is 0 Å². The fraction of sp³-hybridized carbons (Fsp3) is 0. The summed E-state index contributed by atoms with van der Waals surface area (Å²) in [5, 5.41) is 8.36. The number of ether oxygens (including phenoxy) is 1. The molecule has 3 heterocycles. The third kappa shape index (κ3) is 4.18. The average Bonchev–Trinajstić information content (AvgIpc) is 3.15. The number of urea groups is 1. The van der Waals surface area contributed by atoms with Crippen LogP contribution in [0.5, 0.6) is 11.6 Å². The minimum absolute atomic E-state index is 0.373. The van der Waals surface area contributed by atoms with E-state index in [2.05, 4.69) is 46.5 Å². The Bertz CT molecular complexity index is 1110. The number of benzene rings is 1. The molecule has 0 aliphatic heterocycles. The van der Waals surface area contributed by atoms with Crippen molar-refractivity contribution >= 4 is 55.2 Å². The van der Waals surface area contributed by atoms with Gasteiger partial charge in [-0.25, -0.2) is 24.7 Å². The van der Waals surface area contributed by atoms with E-state index >= 15 is 0 Å². The number of hydrogen-bond acceptors (Lipinski definition) is 7. The molecule has 0 unspecified atom stereocenters. The summed E-state index contributed by atoms with van der Waals surface area (Å²) >= 11 is 4.72. The molecule has 0 atom stereocenters. The van der Waals surface area contributed by atoms with Gasteiger partial charge in [-0.15, -0.1) is 11.3 Å². The summed E-state index contributed by atoms with van der Waals surface area (Å²) in [5.41, 5.74) is 1.10. The molecule has 3 aromatic heterocycles. The Labute approximate surface area is 165 Å². The van der Waals surface area contributed by atoms with Gasteiger partial charge in [0.15, 0.2) is 10.8 Å². The number of rotatable bonds is 4. The van der Waals surface area contributed by atoms with Gasteiger partial charge >= 0.3 is 6.03 Å². The third-order valence-electron chi connectivity index (χ3n) is 3.38. The molecule has 8 nitrogen and oxygen atoms in total. The van der Waals surface area contributed by atoms with Gasteiger partial charge in [-0.1, -0.05) is 6.07 Å². The molecule has 0 fully saturated rings. The summed E-state index contributed by atoms with van der Waals surface area (Å²) in [7, 11) is 0. The number of aromatic nitrogens is 4. The minimum atomic E-state index is -0.386. The van der Waals surface area contributed by atoms with Crippen molar-refractivity contribution in [3.05, 3.63) is 58.9 Å². The molecule has 27 heavy (non-hydrogen) atoms. The lowest BCUT2D eigenvalue weighted by Gasteiger charge is -2.09. The first kappa shape index (κ1) is 17.3. The smallest absolute Gasteiger partial charge is 0.325 e. The van der Waals surface area contributed by atoms with Crippen LogP contribution in [0.1, 0.15) is 0 Å². The molecule has 0 saturated heterocycles. The SMILES string of the molecule is O=C(Nc1cccc(Oc2ncnc3ncc(Br)cc23)c1)Nc1nccs1. The molecule has 0 saturated carbocycles. The standard InChI is InChI=1S/C17H11BrN6O2S/c18-10-6-13-14(20-8-10)21-9-22-15(13)26-12-3-1-2-11(7-12)23-16(25)24-17-19-4-5-27-17/h1-9H,(H2,19,23,24,25). The van der Waals surface area contributed by atoms with Crippen molar-refractivity contribution in [3.8, 4) is 11.6 Å². The zero-order valence-electron chi connectivity index (χ0n) is 13.6. The molecule has 0 radical (unpaired) electrons. The van der Waals surface area contributed by atoms with Crippen molar-refractivity contribution < 1.29 is 9.53 Å². The van der Waals surface area contributed by atoms with Crippen LogP contribution >= 0.6 is 27.3 Å². The van der Waals surface area contributed by atoms with Crippen LogP contribution in [-0.4, -0.2) is 26.0 Å². The molecule has 0 spiro atoms. The van der Waals surface area contributed by atoms with Crippen molar-refractivity contribution in [2.24, 2.45) is 0 Å². The number of pyridine rings is 1. The lowest BCUT2D eigenvalue weighted by molar-refractivity contribution is 0.262. The summed E-state index contributed by atoms with van der Waals surface area (Å²) in [5.74, 6) is 0.889. The minimum Gasteiger partial charge on any atom is -0.438 e. The lowest BCUT2D eigenvalue weighted by Crippen LogP contribution is -2.19. The van der Waals surface area contributed by atoms with Crippen LogP contribution < -0.4 is 15.4 Å². The van der Waals surface area contributed by atoms with Crippen LogP contribution in [0.2, 0.25) is 0 Å². The maximum Gasteiger partial charge on any atom is 0.325 e. The number of carbonyl (C=O) groups excluding carboxylic acids is 1. The Balaban J connectivity index is 1.53. The number of amides is 2. The first-order chi connectivity index (χ1) is 13.2. The van der Waals surface area contributed by atoms with Crippen molar-refractivity contribution in [1.29, 1.82) is 0 Å². The lowest BCUT2D eigenvalue weighted by atomic mass is 10.3. The Kier molecular flexibility index (Phi) is 4.90. The van der Waals surface area contributed by atoms with Crippen LogP contribution in [0.4, 0.5) is 15.6 Å². The van der Waals surface area contributed by atoms with E-state index in [1.165, 1.54) is 17.7 Å². The maximum atomic E-state index is 12.0. The third-order valence-corrected chi connectivity index (χ3v) is 4.50. The number of carbonyl (C=O) groups is 1. The predicted molar refractivity (Wildman–Crippen MR) is 106 cm³/mol. The van der Waals surface area contributed by atoms with E-state index in [0.29, 0.717) is 33.5 Å². The number of anilines is 2. The second-order valence-corrected chi connectivity index (χ2v) is 7.06. The highest BCUT2D eigenvalue weighted by molar-refractivity contribution is 9.10. The second kappa shape index (κ2) is 7.64. The maximum absolute atomic E-state index is 12.0. The Morgan fingerprint density at radius 2 is 2.04 bits per heavy atom. The zero-order chi connectivity index (χ0) is 18.6. The summed E-state index contributed by atoms with van der Waals surface area (Å²) in [6, 6.07) is 8.43. The van der Waals surface area contributed by atoms with E-state index in [-0.39, 0.29) is 6.03 Å². The Morgan fingerprint density at radius 3 is 2.89 bits per heavy atom. The van der Waals surface area contributed by atoms with E-state index in [0.717, 1.165) is 4.47 Å². The van der Waals surface area contributed by atoms with Gasteiger partial charge in [0, 0.05) is 34.0 Å². The highest BCUT2D eigenvalue weighted by Gasteiger charge is 2.09. The number of fused-ring (bicyclic) bond motifs is 1. The van der Waals surface area contributed by atoms with Crippen LogP contribution in [0.25, 0.3) is 11.0 Å². The topological polar surface area (TPSA) is 102 Å². The fourth-order valence-corrected chi connectivity index (χ4v) is 3.13. The van der Waals surface area contributed by atoms with Gasteiger partial charge < -0.3 is 10.1 Å². The van der Waals surface area contributed by atoms with Crippen molar-refractivity contribution in [1.82, 2.24) is 19.9 Å². The van der Waals surface area contributed by atoms with E-state index < -0.39 is 0 Å². The van der Waals surface area contributed by atoms with Crippen molar-refractivity contribution in [3.63, 3.8) is 0 Å². The van der Waals surface area contributed by atoms with Gasteiger partial charge in [-0.3, -0.25) is 5.32 Å². The molecule has 10 heteroatoms. The Hall–Kier alpha value is -3.11. The molecule has 4 aromatic rings. The summed E-state index contributed by atoms with van der Waals surface area (Å²) in [6.45, 7) is 0. The highest BCUT2D eigenvalue weighted by Crippen LogP contribution is 2.29. The highest BCUT2D eigenvalue weighted by atomic mass is 79.9. The molecule has 1 aromatic carbocycles. The number of hydrogen-bond donors (Lipinski definition) is 2. The molecular weight excluding hydrogens is 432 g/mol. The quantitative estimate of drug-likeness (QED) is 0.475. The molecule has 2 amide bonds. The normalized spacial score (nSPS) is 10.6. The second-order valence-electron chi connectivity index (χ2n) is 5.25. The molecule has 0 aliphatic rings. The first-order valence-corrected chi connectivity index (χ1v) is 9.36. The van der Waals surface area contributed by atoms with Gasteiger partial charge in [-0.05, 0) is 34.1 Å². The van der Waals surface area contributed by atoms with Crippen LogP contribution in [-0.2, 0) is 0 Å². The summed E-state index contributed by atoms with van der Waals surface area (Å²) in [4.78, 5) is 28.6. The number of halogens is 1. The molecule has 0 bridgehead atoms. The van der Waals surface area contributed by atoms with E-state index in [9.17, 15) is 4.79 Å². The molecule has 0 aliphatic carbocycles. The predicted octanol–water partition coefficient (Wildman–Crippen LogP) is 4.68. The monoisotopic (exact) mass is 442 g/mol. The van der Waals surface area contributed by atoms with Crippen molar-refractivity contribution in [2.75, 3.05) is 10.6 Å². The van der Waals surface area contributed by atoms with Gasteiger partial charge in [0.25, 0.3) is 0 Å². The van der Waals surface area contributed by atoms with Gasteiger partial charge in [0.2, 0.25) is 5.88 Å². The van der Waals surface area contributed by atoms with Gasteiger partial charge in [-0.2, -0.15) is 0 Å². The molecule has 134 valence electrons. The van der Waals surface area contributed by atoms with Crippen LogP contribution in [0.15, 0.2) is 58.9 Å². The van der Waals surface area contributed by atoms with E-state index in [1.807, 2.05) is 6.07 Å². The van der Waals surface area contributed by atoms with Gasteiger partial charge in [0.1, 0.15) is 12.1 Å². The summed E-state index contributed by atoms with van der Waals surface area (Å²) < 4.78 is 6.68. The average molecular weight is 443 g/mol. The molecule has 2 N–H and O–H groups in total. The van der Waals surface area contributed by atoms with E-state index in [4.69, 9.17) is 4.74 Å². The Morgan fingerprint density at radius 1 is 1.11 bits per heavy atom. The van der Waals surface area contributed by atoms with Gasteiger partial charge in [0.05, 0.1) is 5.39 Å². The first-order valence-electron chi connectivity index (χ1n) is 7.69. The van der Waals surface area contributed by atoms with E-state index in [1.54, 1.807) is 42.0 Å². The number of thiazole rings is 1. The number of nitrogens with zero attached hydrogens (tertiary/aromatic N) is 4. The molecule has 4 rings (SSSR count). The summed E-state index contributed by atoms with van der Waals surface area (Å²) in [6.07, 6.45) is 4.67. The number of nitrogens with one attached hydrogen (secondary N) is 2. The zero-order valence-corrected chi connectivity index (χ0v) is 16.0.